The third kappa shape index (κ3) is 4.87. The fourth-order valence-corrected chi connectivity index (χ4v) is 3.68. The van der Waals surface area contributed by atoms with E-state index >= 15 is 0 Å². The average molecular weight is 412 g/mol. The number of nitro benzene ring substituents is 1. The summed E-state index contributed by atoms with van der Waals surface area (Å²) in [5, 5.41) is 13.7. The van der Waals surface area contributed by atoms with Crippen LogP contribution in [0.5, 0.6) is 11.5 Å². The molecule has 30 heavy (non-hydrogen) atoms. The molecule has 2 aromatic rings. The molecule has 9 nitrogen and oxygen atoms in total. The first-order valence-electron chi connectivity index (χ1n) is 9.95. The molecular formula is C21H24N4O5. The Labute approximate surface area is 174 Å². The molecule has 1 amide bonds. The monoisotopic (exact) mass is 412 g/mol. The first kappa shape index (κ1) is 20.1. The minimum Gasteiger partial charge on any atom is -0.454 e. The molecule has 0 spiro atoms. The van der Waals surface area contributed by atoms with Gasteiger partial charge in [0.1, 0.15) is 5.69 Å². The molecule has 0 aromatic heterocycles. The summed E-state index contributed by atoms with van der Waals surface area (Å²) >= 11 is 0. The molecule has 1 saturated heterocycles. The predicted octanol–water partition coefficient (Wildman–Crippen LogP) is 2.47. The lowest BCUT2D eigenvalue weighted by molar-refractivity contribution is -0.383. The van der Waals surface area contributed by atoms with E-state index in [1.54, 1.807) is 18.2 Å². The third-order valence-electron chi connectivity index (χ3n) is 5.34. The highest BCUT2D eigenvalue weighted by Gasteiger charge is 2.20. The Kier molecular flexibility index (Phi) is 6.10. The molecule has 2 aliphatic rings. The van der Waals surface area contributed by atoms with Crippen molar-refractivity contribution >= 4 is 17.3 Å². The summed E-state index contributed by atoms with van der Waals surface area (Å²) in [5.74, 6) is 1.38. The number of hydrogen-bond acceptors (Lipinski definition) is 7. The van der Waals surface area contributed by atoms with Crippen LogP contribution in [0.15, 0.2) is 42.5 Å². The Bertz CT molecular complexity index is 927. The van der Waals surface area contributed by atoms with Gasteiger partial charge in [0.15, 0.2) is 11.5 Å². The van der Waals surface area contributed by atoms with Crippen molar-refractivity contribution in [3.63, 3.8) is 0 Å². The second-order valence-corrected chi connectivity index (χ2v) is 7.38. The lowest BCUT2D eigenvalue weighted by Crippen LogP contribution is -2.46. The molecule has 2 aromatic carbocycles. The molecule has 0 unspecified atom stereocenters. The SMILES string of the molecule is O=C(CCN1CCN(Cc2ccc3c(c2)OCO3)CC1)Nc1ccccc1[N+](=O)[O-]. The number of nitrogens with one attached hydrogen (secondary N) is 1. The summed E-state index contributed by atoms with van der Waals surface area (Å²) in [6.45, 7) is 5.35. The van der Waals surface area contributed by atoms with Gasteiger partial charge >= 0.3 is 0 Å². The first-order valence-corrected chi connectivity index (χ1v) is 9.95. The number of anilines is 1. The molecular weight excluding hydrogens is 388 g/mol. The van der Waals surface area contributed by atoms with E-state index in [2.05, 4.69) is 21.2 Å². The van der Waals surface area contributed by atoms with Gasteiger partial charge in [0.2, 0.25) is 12.7 Å². The zero-order valence-electron chi connectivity index (χ0n) is 16.6. The van der Waals surface area contributed by atoms with Crippen molar-refractivity contribution in [2.75, 3.05) is 44.8 Å². The zero-order valence-corrected chi connectivity index (χ0v) is 16.6. The molecule has 0 bridgehead atoms. The van der Waals surface area contributed by atoms with Gasteiger partial charge in [0.25, 0.3) is 5.69 Å². The van der Waals surface area contributed by atoms with E-state index < -0.39 is 4.92 Å². The number of rotatable bonds is 7. The van der Waals surface area contributed by atoms with Gasteiger partial charge in [-0.2, -0.15) is 0 Å². The van der Waals surface area contributed by atoms with E-state index in [-0.39, 0.29) is 24.1 Å². The number of para-hydroxylation sites is 2. The largest absolute Gasteiger partial charge is 0.454 e. The average Bonchev–Trinajstić information content (AvgIpc) is 3.21. The van der Waals surface area contributed by atoms with Crippen molar-refractivity contribution in [2.24, 2.45) is 0 Å². The Morgan fingerprint density at radius 2 is 1.77 bits per heavy atom. The van der Waals surface area contributed by atoms with Crippen molar-refractivity contribution in [1.82, 2.24) is 9.80 Å². The molecule has 2 heterocycles. The van der Waals surface area contributed by atoms with Crippen LogP contribution in [0.2, 0.25) is 0 Å². The summed E-state index contributed by atoms with van der Waals surface area (Å²) in [6.07, 6.45) is 0.300. The summed E-state index contributed by atoms with van der Waals surface area (Å²) in [7, 11) is 0. The smallest absolute Gasteiger partial charge is 0.292 e. The number of fused-ring (bicyclic) bond motifs is 1. The Balaban J connectivity index is 1.21. The first-order chi connectivity index (χ1) is 14.6. The highest BCUT2D eigenvalue weighted by molar-refractivity contribution is 5.93. The Hall–Kier alpha value is -3.17. The quantitative estimate of drug-likeness (QED) is 0.551. The van der Waals surface area contributed by atoms with Crippen LogP contribution >= 0.6 is 0 Å². The molecule has 1 fully saturated rings. The maximum absolute atomic E-state index is 12.2. The minimum atomic E-state index is -0.491. The van der Waals surface area contributed by atoms with Crippen LogP contribution in [0.1, 0.15) is 12.0 Å². The number of carbonyl (C=O) groups excluding carboxylic acids is 1. The maximum atomic E-state index is 12.2. The molecule has 158 valence electrons. The number of nitrogens with zero attached hydrogens (tertiary/aromatic N) is 3. The maximum Gasteiger partial charge on any atom is 0.292 e. The summed E-state index contributed by atoms with van der Waals surface area (Å²) in [5.41, 5.74) is 1.33. The normalized spacial score (nSPS) is 16.4. The van der Waals surface area contributed by atoms with Gasteiger partial charge in [-0.05, 0) is 23.8 Å². The van der Waals surface area contributed by atoms with Gasteiger partial charge in [-0.25, -0.2) is 0 Å². The standard InChI is InChI=1S/C21H24N4O5/c26-21(22-17-3-1-2-4-18(17)25(27)28)7-8-23-9-11-24(12-10-23)14-16-5-6-19-20(13-16)30-15-29-19/h1-6,13H,7-12,14-15H2,(H,22,26). The zero-order chi connectivity index (χ0) is 20.9. The van der Waals surface area contributed by atoms with Gasteiger partial charge in [0, 0.05) is 51.8 Å². The van der Waals surface area contributed by atoms with E-state index in [4.69, 9.17) is 9.47 Å². The number of carbonyl (C=O) groups is 1. The molecule has 0 atom stereocenters. The van der Waals surface area contributed by atoms with Gasteiger partial charge < -0.3 is 19.7 Å². The lowest BCUT2D eigenvalue weighted by atomic mass is 10.1. The number of amides is 1. The van der Waals surface area contributed by atoms with E-state index in [0.29, 0.717) is 13.0 Å². The molecule has 9 heteroatoms. The second-order valence-electron chi connectivity index (χ2n) is 7.38. The molecule has 0 aliphatic carbocycles. The highest BCUT2D eigenvalue weighted by atomic mass is 16.7. The molecule has 1 N–H and O–H groups in total. The number of ether oxygens (including phenoxy) is 2. The number of piperazine rings is 1. The molecule has 0 radical (unpaired) electrons. The van der Waals surface area contributed by atoms with Gasteiger partial charge in [-0.3, -0.25) is 19.8 Å². The fourth-order valence-electron chi connectivity index (χ4n) is 3.68. The molecule has 2 aliphatic heterocycles. The Morgan fingerprint density at radius 3 is 2.57 bits per heavy atom. The van der Waals surface area contributed by atoms with E-state index in [0.717, 1.165) is 44.2 Å². The molecule has 4 rings (SSSR count). The van der Waals surface area contributed by atoms with E-state index in [9.17, 15) is 14.9 Å². The van der Waals surface area contributed by atoms with Crippen LogP contribution in [0.3, 0.4) is 0 Å². The fraction of sp³-hybridized carbons (Fsp3) is 0.381. The summed E-state index contributed by atoms with van der Waals surface area (Å²) in [6, 6.07) is 12.2. The van der Waals surface area contributed by atoms with Crippen molar-refractivity contribution in [2.45, 2.75) is 13.0 Å². The van der Waals surface area contributed by atoms with Gasteiger partial charge in [-0.1, -0.05) is 18.2 Å². The minimum absolute atomic E-state index is 0.0945. The summed E-state index contributed by atoms with van der Waals surface area (Å²) in [4.78, 5) is 27.4. The number of hydrogen-bond donors (Lipinski definition) is 1. The summed E-state index contributed by atoms with van der Waals surface area (Å²) < 4.78 is 10.8. The van der Waals surface area contributed by atoms with Crippen LogP contribution in [0.25, 0.3) is 0 Å². The lowest BCUT2D eigenvalue weighted by Gasteiger charge is -2.34. The van der Waals surface area contributed by atoms with Crippen molar-refractivity contribution in [3.05, 3.63) is 58.1 Å². The van der Waals surface area contributed by atoms with Gasteiger partial charge in [-0.15, -0.1) is 0 Å². The highest BCUT2D eigenvalue weighted by Crippen LogP contribution is 2.32. The van der Waals surface area contributed by atoms with Gasteiger partial charge in [0.05, 0.1) is 4.92 Å². The third-order valence-corrected chi connectivity index (χ3v) is 5.34. The topological polar surface area (TPSA) is 97.2 Å². The number of benzene rings is 2. The van der Waals surface area contributed by atoms with Crippen LogP contribution < -0.4 is 14.8 Å². The van der Waals surface area contributed by atoms with Crippen molar-refractivity contribution in [3.8, 4) is 11.5 Å². The van der Waals surface area contributed by atoms with Crippen molar-refractivity contribution in [1.29, 1.82) is 0 Å². The van der Waals surface area contributed by atoms with E-state index in [1.165, 1.54) is 11.6 Å². The number of nitro groups is 1. The second kappa shape index (κ2) is 9.10. The van der Waals surface area contributed by atoms with Crippen molar-refractivity contribution < 1.29 is 19.2 Å². The van der Waals surface area contributed by atoms with Crippen LogP contribution in [0, 0.1) is 10.1 Å². The predicted molar refractivity (Wildman–Crippen MR) is 111 cm³/mol. The van der Waals surface area contributed by atoms with Crippen LogP contribution in [0.4, 0.5) is 11.4 Å². The van der Waals surface area contributed by atoms with Crippen LogP contribution in [-0.2, 0) is 11.3 Å². The Morgan fingerprint density at radius 1 is 1.03 bits per heavy atom. The van der Waals surface area contributed by atoms with E-state index in [1.807, 2.05) is 12.1 Å². The van der Waals surface area contributed by atoms with Crippen LogP contribution in [-0.4, -0.2) is 60.1 Å². The molecule has 0 saturated carbocycles.